The molecule has 0 spiro atoms. The Morgan fingerprint density at radius 3 is 2.66 bits per heavy atom. The van der Waals surface area contributed by atoms with Gasteiger partial charge in [-0.2, -0.15) is 5.10 Å². The van der Waals surface area contributed by atoms with Gasteiger partial charge in [0.05, 0.1) is 35.4 Å². The standard InChI is InChI=1S/C23H25FN6O2/c1-27-23(32-2)18-5-3-16(13-19(18)26-27)22(31)29-10-7-28(8-11-29)9-12-30-15-25-20-14-17(24)4-6-21(20)30/h3-6,13-15H,7-12H2,1-2H3. The van der Waals surface area contributed by atoms with Crippen molar-refractivity contribution in [1.82, 2.24) is 29.1 Å². The van der Waals surface area contributed by atoms with Crippen molar-refractivity contribution in [2.24, 2.45) is 7.05 Å². The summed E-state index contributed by atoms with van der Waals surface area (Å²) in [6.07, 6.45) is 1.76. The molecule has 4 aromatic rings. The molecule has 32 heavy (non-hydrogen) atoms. The average molecular weight is 436 g/mol. The third-order valence-electron chi connectivity index (χ3n) is 6.12. The summed E-state index contributed by atoms with van der Waals surface area (Å²) >= 11 is 0. The lowest BCUT2D eigenvalue weighted by molar-refractivity contribution is 0.0633. The molecule has 5 rings (SSSR count). The summed E-state index contributed by atoms with van der Waals surface area (Å²) in [4.78, 5) is 21.5. The zero-order valence-corrected chi connectivity index (χ0v) is 18.2. The number of methoxy groups -OCH3 is 1. The predicted octanol–water partition coefficient (Wildman–Crippen LogP) is 2.53. The Bertz CT molecular complexity index is 1290. The second-order valence-electron chi connectivity index (χ2n) is 8.07. The number of ether oxygens (including phenoxy) is 1. The van der Waals surface area contributed by atoms with Gasteiger partial charge in [0.25, 0.3) is 5.91 Å². The normalized spacial score (nSPS) is 15.0. The van der Waals surface area contributed by atoms with Crippen molar-refractivity contribution in [2.45, 2.75) is 6.54 Å². The number of aryl methyl sites for hydroxylation is 1. The van der Waals surface area contributed by atoms with Crippen LogP contribution in [0.1, 0.15) is 10.4 Å². The van der Waals surface area contributed by atoms with Crippen molar-refractivity contribution in [1.29, 1.82) is 0 Å². The van der Waals surface area contributed by atoms with Gasteiger partial charge in [0, 0.05) is 57.9 Å². The van der Waals surface area contributed by atoms with Gasteiger partial charge in [0.15, 0.2) is 0 Å². The smallest absolute Gasteiger partial charge is 0.254 e. The molecule has 1 amide bonds. The molecule has 8 nitrogen and oxygen atoms in total. The predicted molar refractivity (Wildman–Crippen MR) is 119 cm³/mol. The first-order chi connectivity index (χ1) is 15.5. The number of carbonyl (C=O) groups is 1. The van der Waals surface area contributed by atoms with Gasteiger partial charge in [0.2, 0.25) is 5.88 Å². The number of aromatic nitrogens is 4. The molecule has 1 aliphatic rings. The van der Waals surface area contributed by atoms with Gasteiger partial charge in [-0.15, -0.1) is 0 Å². The Kier molecular flexibility index (Phi) is 5.26. The van der Waals surface area contributed by atoms with Crippen molar-refractivity contribution >= 4 is 27.8 Å². The molecule has 1 fully saturated rings. The van der Waals surface area contributed by atoms with E-state index in [1.807, 2.05) is 34.7 Å². The first-order valence-corrected chi connectivity index (χ1v) is 10.7. The second-order valence-corrected chi connectivity index (χ2v) is 8.07. The van der Waals surface area contributed by atoms with Gasteiger partial charge >= 0.3 is 0 Å². The van der Waals surface area contributed by atoms with Crippen LogP contribution < -0.4 is 4.74 Å². The third kappa shape index (κ3) is 3.69. The molecule has 9 heteroatoms. The maximum atomic E-state index is 13.4. The second kappa shape index (κ2) is 8.23. The molecule has 1 saturated heterocycles. The quantitative estimate of drug-likeness (QED) is 0.481. The minimum Gasteiger partial charge on any atom is -0.481 e. The van der Waals surface area contributed by atoms with Gasteiger partial charge in [-0.1, -0.05) is 0 Å². The summed E-state index contributed by atoms with van der Waals surface area (Å²) in [5.41, 5.74) is 3.00. The van der Waals surface area contributed by atoms with Crippen molar-refractivity contribution in [3.05, 3.63) is 54.1 Å². The number of halogens is 1. The van der Waals surface area contributed by atoms with Crippen LogP contribution in [0.25, 0.3) is 21.9 Å². The fourth-order valence-electron chi connectivity index (χ4n) is 4.37. The molecule has 0 atom stereocenters. The number of benzene rings is 2. The van der Waals surface area contributed by atoms with Gasteiger partial charge < -0.3 is 14.2 Å². The summed E-state index contributed by atoms with van der Waals surface area (Å²) in [7, 11) is 3.44. The van der Waals surface area contributed by atoms with Crippen LogP contribution in [0.2, 0.25) is 0 Å². The fourth-order valence-corrected chi connectivity index (χ4v) is 4.37. The number of fused-ring (bicyclic) bond motifs is 2. The number of carbonyl (C=O) groups excluding carboxylic acids is 1. The lowest BCUT2D eigenvalue weighted by atomic mass is 10.1. The molecule has 3 heterocycles. The zero-order chi connectivity index (χ0) is 22.2. The van der Waals surface area contributed by atoms with E-state index in [9.17, 15) is 9.18 Å². The fraction of sp³-hybridized carbons (Fsp3) is 0.348. The van der Waals surface area contributed by atoms with E-state index in [0.717, 1.165) is 42.6 Å². The molecule has 2 aromatic carbocycles. The van der Waals surface area contributed by atoms with E-state index in [-0.39, 0.29) is 11.7 Å². The first kappa shape index (κ1) is 20.4. The molecule has 0 aliphatic carbocycles. The van der Waals surface area contributed by atoms with Crippen molar-refractivity contribution in [2.75, 3.05) is 39.8 Å². The highest BCUT2D eigenvalue weighted by atomic mass is 19.1. The minimum absolute atomic E-state index is 0.0267. The molecular formula is C23H25FN6O2. The highest BCUT2D eigenvalue weighted by molar-refractivity contribution is 5.98. The van der Waals surface area contributed by atoms with Gasteiger partial charge in [-0.25, -0.2) is 14.1 Å². The maximum Gasteiger partial charge on any atom is 0.254 e. The Balaban J connectivity index is 1.19. The molecular weight excluding hydrogens is 411 g/mol. The van der Waals surface area contributed by atoms with E-state index >= 15 is 0 Å². The van der Waals surface area contributed by atoms with Crippen LogP contribution in [0.15, 0.2) is 42.7 Å². The van der Waals surface area contributed by atoms with Crippen LogP contribution in [0.4, 0.5) is 4.39 Å². The van der Waals surface area contributed by atoms with E-state index in [1.165, 1.54) is 12.1 Å². The number of hydrogen-bond acceptors (Lipinski definition) is 5. The molecule has 0 N–H and O–H groups in total. The first-order valence-electron chi connectivity index (χ1n) is 10.7. The largest absolute Gasteiger partial charge is 0.481 e. The van der Waals surface area contributed by atoms with E-state index in [4.69, 9.17) is 4.74 Å². The van der Waals surface area contributed by atoms with Crippen LogP contribution in [-0.2, 0) is 13.6 Å². The zero-order valence-electron chi connectivity index (χ0n) is 18.2. The van der Waals surface area contributed by atoms with Crippen LogP contribution in [0.5, 0.6) is 5.88 Å². The van der Waals surface area contributed by atoms with Gasteiger partial charge in [0.1, 0.15) is 5.82 Å². The lowest BCUT2D eigenvalue weighted by Crippen LogP contribution is -2.49. The molecule has 0 unspecified atom stereocenters. The number of nitrogens with zero attached hydrogens (tertiary/aromatic N) is 6. The SMILES string of the molecule is COc1c2ccc(C(=O)N3CCN(CCn4cnc5cc(F)ccc54)CC3)cc2nn1C. The van der Waals surface area contributed by atoms with E-state index < -0.39 is 0 Å². The molecule has 166 valence electrons. The Hall–Kier alpha value is -3.46. The number of imidazole rings is 1. The maximum absolute atomic E-state index is 13.4. The highest BCUT2D eigenvalue weighted by Gasteiger charge is 2.23. The van der Waals surface area contributed by atoms with Crippen LogP contribution in [0, 0.1) is 5.82 Å². The van der Waals surface area contributed by atoms with E-state index in [2.05, 4.69) is 15.0 Å². The van der Waals surface area contributed by atoms with Crippen LogP contribution in [-0.4, -0.2) is 74.9 Å². The summed E-state index contributed by atoms with van der Waals surface area (Å²) in [5.74, 6) is 0.437. The summed E-state index contributed by atoms with van der Waals surface area (Å²) < 4.78 is 22.5. The van der Waals surface area contributed by atoms with Gasteiger partial charge in [-0.3, -0.25) is 9.69 Å². The number of amides is 1. The van der Waals surface area contributed by atoms with Crippen molar-refractivity contribution < 1.29 is 13.9 Å². The monoisotopic (exact) mass is 436 g/mol. The van der Waals surface area contributed by atoms with Crippen LogP contribution >= 0.6 is 0 Å². The van der Waals surface area contributed by atoms with Gasteiger partial charge in [-0.05, 0) is 30.3 Å². The number of piperazine rings is 1. The van der Waals surface area contributed by atoms with Crippen LogP contribution in [0.3, 0.4) is 0 Å². The molecule has 0 bridgehead atoms. The summed E-state index contributed by atoms with van der Waals surface area (Å²) in [6.45, 7) is 4.61. The van der Waals surface area contributed by atoms with Crippen molar-refractivity contribution in [3.63, 3.8) is 0 Å². The number of rotatable bonds is 5. The average Bonchev–Trinajstić information content (AvgIpc) is 3.35. The number of hydrogen-bond donors (Lipinski definition) is 0. The highest BCUT2D eigenvalue weighted by Crippen LogP contribution is 2.26. The Morgan fingerprint density at radius 2 is 1.88 bits per heavy atom. The molecule has 0 saturated carbocycles. The third-order valence-corrected chi connectivity index (χ3v) is 6.12. The molecule has 1 aliphatic heterocycles. The van der Waals surface area contributed by atoms with Crippen molar-refractivity contribution in [3.8, 4) is 5.88 Å². The van der Waals surface area contributed by atoms with E-state index in [0.29, 0.717) is 30.0 Å². The lowest BCUT2D eigenvalue weighted by Gasteiger charge is -2.34. The molecule has 0 radical (unpaired) electrons. The molecule has 2 aromatic heterocycles. The minimum atomic E-state index is -0.273. The Labute approximate surface area is 184 Å². The summed E-state index contributed by atoms with van der Waals surface area (Å²) in [6, 6.07) is 10.2. The topological polar surface area (TPSA) is 68.4 Å². The van der Waals surface area contributed by atoms with E-state index in [1.54, 1.807) is 24.2 Å². The summed E-state index contributed by atoms with van der Waals surface area (Å²) in [5, 5.41) is 5.34. The Morgan fingerprint density at radius 1 is 1.06 bits per heavy atom.